The van der Waals surface area contributed by atoms with Crippen molar-refractivity contribution < 1.29 is 0 Å². The van der Waals surface area contributed by atoms with E-state index in [9.17, 15) is 0 Å². The maximum atomic E-state index is 7.39. The zero-order chi connectivity index (χ0) is 11.4. The third-order valence-electron chi connectivity index (χ3n) is 2.89. The summed E-state index contributed by atoms with van der Waals surface area (Å²) in [5, 5.41) is 9.09. The van der Waals surface area contributed by atoms with E-state index >= 15 is 0 Å². The molecule has 3 nitrogen and oxygen atoms in total. The highest BCUT2D eigenvalue weighted by Gasteiger charge is 2.15. The molecule has 1 fully saturated rings. The Bertz CT molecular complexity index is 372. The zero-order valence-corrected chi connectivity index (χ0v) is 10.1. The molecule has 2 rings (SSSR count). The van der Waals surface area contributed by atoms with Crippen LogP contribution in [0.15, 0.2) is 23.4 Å². The van der Waals surface area contributed by atoms with Crippen molar-refractivity contribution in [2.75, 3.05) is 0 Å². The molecule has 0 spiro atoms. The number of hydrogen-bond donors (Lipinski definition) is 2. The number of amidine groups is 1. The van der Waals surface area contributed by atoms with Crippen LogP contribution in [-0.4, -0.2) is 16.1 Å². The molecule has 0 aliphatic heterocycles. The maximum absolute atomic E-state index is 7.39. The average molecular weight is 235 g/mol. The van der Waals surface area contributed by atoms with Crippen LogP contribution < -0.4 is 5.73 Å². The van der Waals surface area contributed by atoms with E-state index in [1.54, 1.807) is 12.3 Å². The molecule has 0 bridgehead atoms. The Hall–Kier alpha value is -1.03. The molecule has 0 unspecified atom stereocenters. The Balaban J connectivity index is 2.02. The van der Waals surface area contributed by atoms with Crippen LogP contribution in [0.25, 0.3) is 0 Å². The van der Waals surface area contributed by atoms with Crippen LogP contribution in [0.5, 0.6) is 0 Å². The number of nitrogens with two attached hydrogens (primary N) is 1. The summed E-state index contributed by atoms with van der Waals surface area (Å²) in [6.45, 7) is 0. The van der Waals surface area contributed by atoms with E-state index in [1.165, 1.54) is 32.1 Å². The van der Waals surface area contributed by atoms with Gasteiger partial charge in [0.05, 0.1) is 5.03 Å². The third-order valence-corrected chi connectivity index (χ3v) is 4.15. The number of thioether (sulfide) groups is 1. The molecule has 1 saturated carbocycles. The maximum Gasteiger partial charge on any atom is 0.122 e. The summed E-state index contributed by atoms with van der Waals surface area (Å²) < 4.78 is 0. The van der Waals surface area contributed by atoms with Gasteiger partial charge in [0.1, 0.15) is 5.84 Å². The minimum absolute atomic E-state index is 0.118. The average Bonchev–Trinajstić information content (AvgIpc) is 2.30. The van der Waals surface area contributed by atoms with Crippen molar-refractivity contribution in [1.29, 1.82) is 5.41 Å². The third kappa shape index (κ3) is 2.98. The number of nitrogen functional groups attached to an aromatic ring is 1. The SMILES string of the molecule is N=C(N)c1ccnc(SC2CCCCC2)c1. The fourth-order valence-corrected chi connectivity index (χ4v) is 3.22. The molecule has 0 atom stereocenters. The van der Waals surface area contributed by atoms with Crippen molar-refractivity contribution in [3.63, 3.8) is 0 Å². The summed E-state index contributed by atoms with van der Waals surface area (Å²) in [7, 11) is 0. The molecular weight excluding hydrogens is 218 g/mol. The largest absolute Gasteiger partial charge is 0.384 e. The van der Waals surface area contributed by atoms with Crippen LogP contribution in [0.2, 0.25) is 0 Å². The second-order valence-electron chi connectivity index (χ2n) is 4.17. The molecule has 16 heavy (non-hydrogen) atoms. The molecule has 1 heterocycles. The zero-order valence-electron chi connectivity index (χ0n) is 9.28. The van der Waals surface area contributed by atoms with E-state index in [0.29, 0.717) is 5.25 Å². The van der Waals surface area contributed by atoms with Crippen molar-refractivity contribution in [2.45, 2.75) is 42.4 Å². The van der Waals surface area contributed by atoms with Gasteiger partial charge in [0.15, 0.2) is 0 Å². The van der Waals surface area contributed by atoms with Gasteiger partial charge in [-0.3, -0.25) is 5.41 Å². The van der Waals surface area contributed by atoms with Crippen molar-refractivity contribution in [1.82, 2.24) is 4.98 Å². The summed E-state index contributed by atoms with van der Waals surface area (Å²) in [5.74, 6) is 0.118. The number of hydrogen-bond acceptors (Lipinski definition) is 3. The summed E-state index contributed by atoms with van der Waals surface area (Å²) in [5.41, 5.74) is 6.23. The summed E-state index contributed by atoms with van der Waals surface area (Å²) in [6, 6.07) is 3.70. The minimum atomic E-state index is 0.118. The number of aromatic nitrogens is 1. The van der Waals surface area contributed by atoms with Crippen molar-refractivity contribution in [3.05, 3.63) is 23.9 Å². The standard InChI is InChI=1S/C12H17N3S/c13-12(14)9-6-7-15-11(8-9)16-10-4-2-1-3-5-10/h6-8,10H,1-5H2,(H3,13,14). The Morgan fingerprint density at radius 2 is 2.12 bits per heavy atom. The second-order valence-corrected chi connectivity index (χ2v) is 5.49. The van der Waals surface area contributed by atoms with Crippen LogP contribution in [0.1, 0.15) is 37.7 Å². The van der Waals surface area contributed by atoms with Crippen LogP contribution in [0.3, 0.4) is 0 Å². The van der Waals surface area contributed by atoms with Crippen molar-refractivity contribution in [2.24, 2.45) is 5.73 Å². The van der Waals surface area contributed by atoms with Gasteiger partial charge in [-0.1, -0.05) is 19.3 Å². The molecule has 1 aliphatic carbocycles. The van der Waals surface area contributed by atoms with Crippen LogP contribution >= 0.6 is 11.8 Å². The van der Waals surface area contributed by atoms with Gasteiger partial charge in [0.25, 0.3) is 0 Å². The van der Waals surface area contributed by atoms with Gasteiger partial charge in [-0.2, -0.15) is 0 Å². The van der Waals surface area contributed by atoms with Crippen molar-refractivity contribution >= 4 is 17.6 Å². The van der Waals surface area contributed by atoms with E-state index in [0.717, 1.165) is 10.6 Å². The van der Waals surface area contributed by atoms with Crippen LogP contribution in [0.4, 0.5) is 0 Å². The quantitative estimate of drug-likeness (QED) is 0.625. The highest BCUT2D eigenvalue weighted by Crippen LogP contribution is 2.32. The minimum Gasteiger partial charge on any atom is -0.384 e. The molecule has 1 aliphatic rings. The number of nitrogens with zero attached hydrogens (tertiary/aromatic N) is 1. The van der Waals surface area contributed by atoms with Gasteiger partial charge in [-0.15, -0.1) is 11.8 Å². The molecule has 0 amide bonds. The van der Waals surface area contributed by atoms with E-state index in [4.69, 9.17) is 11.1 Å². The predicted octanol–water partition coefficient (Wildman–Crippen LogP) is 2.79. The molecule has 4 heteroatoms. The first-order valence-corrected chi connectivity index (χ1v) is 6.61. The Morgan fingerprint density at radius 3 is 2.81 bits per heavy atom. The molecule has 3 N–H and O–H groups in total. The van der Waals surface area contributed by atoms with Crippen molar-refractivity contribution in [3.8, 4) is 0 Å². The normalized spacial score (nSPS) is 17.2. The van der Waals surface area contributed by atoms with Gasteiger partial charge < -0.3 is 5.73 Å². The lowest BCUT2D eigenvalue weighted by atomic mass is 10.0. The molecular formula is C12H17N3S. The summed E-state index contributed by atoms with van der Waals surface area (Å²) in [6.07, 6.45) is 8.36. The number of rotatable bonds is 3. The fraction of sp³-hybridized carbons (Fsp3) is 0.500. The Kier molecular flexibility index (Phi) is 3.83. The monoisotopic (exact) mass is 235 g/mol. The van der Waals surface area contributed by atoms with Gasteiger partial charge >= 0.3 is 0 Å². The smallest absolute Gasteiger partial charge is 0.122 e. The fourth-order valence-electron chi connectivity index (χ4n) is 2.00. The summed E-state index contributed by atoms with van der Waals surface area (Å²) in [4.78, 5) is 4.33. The topological polar surface area (TPSA) is 62.8 Å². The lowest BCUT2D eigenvalue weighted by Crippen LogP contribution is -2.12. The molecule has 1 aromatic heterocycles. The van der Waals surface area contributed by atoms with Gasteiger partial charge in [-0.25, -0.2) is 4.98 Å². The first-order chi connectivity index (χ1) is 7.75. The number of nitrogens with one attached hydrogen (secondary N) is 1. The highest BCUT2D eigenvalue weighted by atomic mass is 32.2. The Labute approximate surface area is 100 Å². The molecule has 0 aromatic carbocycles. The first-order valence-electron chi connectivity index (χ1n) is 5.73. The van der Waals surface area contributed by atoms with E-state index in [2.05, 4.69) is 4.98 Å². The van der Waals surface area contributed by atoms with Gasteiger partial charge in [-0.05, 0) is 25.0 Å². The van der Waals surface area contributed by atoms with Crippen LogP contribution in [0, 0.1) is 5.41 Å². The Morgan fingerprint density at radius 1 is 1.38 bits per heavy atom. The first kappa shape index (κ1) is 11.5. The van der Waals surface area contributed by atoms with E-state index in [-0.39, 0.29) is 5.84 Å². The molecule has 86 valence electrons. The predicted molar refractivity (Wildman–Crippen MR) is 68.0 cm³/mol. The molecule has 0 radical (unpaired) electrons. The van der Waals surface area contributed by atoms with E-state index in [1.807, 2.05) is 17.8 Å². The highest BCUT2D eigenvalue weighted by molar-refractivity contribution is 7.99. The van der Waals surface area contributed by atoms with E-state index < -0.39 is 0 Å². The molecule has 0 saturated heterocycles. The lowest BCUT2D eigenvalue weighted by Gasteiger charge is -2.20. The lowest BCUT2D eigenvalue weighted by molar-refractivity contribution is 0.515. The van der Waals surface area contributed by atoms with Gasteiger partial charge in [0.2, 0.25) is 0 Å². The van der Waals surface area contributed by atoms with Gasteiger partial charge in [0, 0.05) is 17.0 Å². The van der Waals surface area contributed by atoms with Crippen LogP contribution in [-0.2, 0) is 0 Å². The number of pyridine rings is 1. The molecule has 1 aromatic rings. The second kappa shape index (κ2) is 5.34. The summed E-state index contributed by atoms with van der Waals surface area (Å²) >= 11 is 1.83.